The molecule has 0 fully saturated rings. The van der Waals surface area contributed by atoms with Gasteiger partial charge in [-0.05, 0) is 18.2 Å². The Kier molecular flexibility index (Phi) is 2.86. The minimum absolute atomic E-state index is 0.232. The zero-order valence-electron chi connectivity index (χ0n) is 9.30. The van der Waals surface area contributed by atoms with Crippen molar-refractivity contribution in [2.75, 3.05) is 12.3 Å². The van der Waals surface area contributed by atoms with Crippen LogP contribution in [-0.2, 0) is 6.42 Å². The van der Waals surface area contributed by atoms with Crippen LogP contribution in [0.4, 0.5) is 0 Å². The fourth-order valence-electron chi connectivity index (χ4n) is 2.01. The molecular weight excluding hydrogens is 234 g/mol. The van der Waals surface area contributed by atoms with E-state index in [9.17, 15) is 0 Å². The Morgan fingerprint density at radius 2 is 2.29 bits per heavy atom. The van der Waals surface area contributed by atoms with Gasteiger partial charge in [-0.25, -0.2) is 0 Å². The highest BCUT2D eigenvalue weighted by Crippen LogP contribution is 2.42. The monoisotopic (exact) mass is 247 g/mol. The first kappa shape index (κ1) is 10.8. The van der Waals surface area contributed by atoms with Crippen molar-refractivity contribution < 1.29 is 4.52 Å². The third-order valence-electron chi connectivity index (χ3n) is 2.85. The Labute approximate surface area is 104 Å². The van der Waals surface area contributed by atoms with Gasteiger partial charge in [0.15, 0.2) is 5.82 Å². The average Bonchev–Trinajstić information content (AvgIpc) is 2.95. The highest BCUT2D eigenvalue weighted by atomic mass is 32.2. The number of hydrogen-bond acceptors (Lipinski definition) is 5. The molecule has 88 valence electrons. The first-order valence-corrected chi connectivity index (χ1v) is 6.61. The lowest BCUT2D eigenvalue weighted by atomic mass is 10.0. The van der Waals surface area contributed by atoms with Crippen LogP contribution >= 0.6 is 11.8 Å². The SMILES string of the molecule is NCCc1noc(C2CSc3ccccc32)n1. The van der Waals surface area contributed by atoms with Crippen molar-refractivity contribution in [2.24, 2.45) is 5.73 Å². The van der Waals surface area contributed by atoms with Gasteiger partial charge in [-0.1, -0.05) is 23.4 Å². The summed E-state index contributed by atoms with van der Waals surface area (Å²) in [5.74, 6) is 2.63. The lowest BCUT2D eigenvalue weighted by molar-refractivity contribution is 0.367. The second-order valence-electron chi connectivity index (χ2n) is 3.99. The molecule has 4 nitrogen and oxygen atoms in total. The number of aromatic nitrogens is 2. The molecule has 0 saturated carbocycles. The first-order chi connectivity index (χ1) is 8.38. The van der Waals surface area contributed by atoms with Gasteiger partial charge in [0.1, 0.15) is 0 Å². The lowest BCUT2D eigenvalue weighted by Gasteiger charge is -2.03. The maximum atomic E-state index is 5.47. The molecule has 0 radical (unpaired) electrons. The lowest BCUT2D eigenvalue weighted by Crippen LogP contribution is -2.05. The molecule has 2 heterocycles. The third kappa shape index (κ3) is 1.96. The molecule has 1 unspecified atom stereocenters. The Balaban J connectivity index is 1.90. The zero-order valence-corrected chi connectivity index (χ0v) is 10.1. The highest BCUT2D eigenvalue weighted by Gasteiger charge is 2.28. The van der Waals surface area contributed by atoms with Crippen molar-refractivity contribution in [3.05, 3.63) is 41.5 Å². The first-order valence-electron chi connectivity index (χ1n) is 5.63. The van der Waals surface area contributed by atoms with E-state index in [2.05, 4.69) is 34.4 Å². The van der Waals surface area contributed by atoms with Crippen molar-refractivity contribution >= 4 is 11.8 Å². The molecule has 1 aromatic carbocycles. The van der Waals surface area contributed by atoms with Crippen LogP contribution in [0.1, 0.15) is 23.2 Å². The Morgan fingerprint density at radius 1 is 1.41 bits per heavy atom. The van der Waals surface area contributed by atoms with E-state index in [1.165, 1.54) is 10.5 Å². The van der Waals surface area contributed by atoms with Gasteiger partial charge in [0.25, 0.3) is 0 Å². The summed E-state index contributed by atoms with van der Waals surface area (Å²) in [5, 5.41) is 3.95. The summed E-state index contributed by atoms with van der Waals surface area (Å²) in [6.45, 7) is 0.551. The molecule has 17 heavy (non-hydrogen) atoms. The van der Waals surface area contributed by atoms with E-state index in [1.807, 2.05) is 11.8 Å². The van der Waals surface area contributed by atoms with Crippen LogP contribution in [-0.4, -0.2) is 22.4 Å². The van der Waals surface area contributed by atoms with Gasteiger partial charge >= 0.3 is 0 Å². The smallest absolute Gasteiger partial charge is 0.235 e. The van der Waals surface area contributed by atoms with E-state index in [1.54, 1.807) is 0 Å². The number of nitrogens with two attached hydrogens (primary N) is 1. The normalized spacial score (nSPS) is 18.3. The topological polar surface area (TPSA) is 64.9 Å². The summed E-state index contributed by atoms with van der Waals surface area (Å²) < 4.78 is 5.33. The standard InChI is InChI=1S/C12H13N3OS/c13-6-5-11-14-12(16-15-11)9-7-17-10-4-2-1-3-8(9)10/h1-4,9H,5-7,13H2. The van der Waals surface area contributed by atoms with Crippen molar-refractivity contribution in [1.29, 1.82) is 0 Å². The van der Waals surface area contributed by atoms with Gasteiger partial charge in [-0.3, -0.25) is 0 Å². The molecule has 0 bridgehead atoms. The summed E-state index contributed by atoms with van der Waals surface area (Å²) in [7, 11) is 0. The van der Waals surface area contributed by atoms with Gasteiger partial charge < -0.3 is 10.3 Å². The quantitative estimate of drug-likeness (QED) is 0.896. The van der Waals surface area contributed by atoms with Gasteiger partial charge in [0.05, 0.1) is 5.92 Å². The van der Waals surface area contributed by atoms with E-state index in [4.69, 9.17) is 10.3 Å². The minimum atomic E-state index is 0.232. The molecule has 0 amide bonds. The predicted molar refractivity (Wildman–Crippen MR) is 66.1 cm³/mol. The number of nitrogens with zero attached hydrogens (tertiary/aromatic N) is 2. The van der Waals surface area contributed by atoms with Gasteiger partial charge in [0.2, 0.25) is 5.89 Å². The summed E-state index contributed by atoms with van der Waals surface area (Å²) in [6, 6.07) is 8.38. The molecule has 1 aromatic heterocycles. The molecule has 0 spiro atoms. The van der Waals surface area contributed by atoms with E-state index in [0.717, 1.165) is 5.75 Å². The second-order valence-corrected chi connectivity index (χ2v) is 5.05. The van der Waals surface area contributed by atoms with Crippen LogP contribution in [0, 0.1) is 0 Å². The van der Waals surface area contributed by atoms with Crippen molar-refractivity contribution in [3.8, 4) is 0 Å². The van der Waals surface area contributed by atoms with Crippen molar-refractivity contribution in [2.45, 2.75) is 17.2 Å². The Hall–Kier alpha value is -1.33. The molecule has 1 aliphatic rings. The van der Waals surface area contributed by atoms with Gasteiger partial charge in [0, 0.05) is 17.1 Å². The van der Waals surface area contributed by atoms with Crippen molar-refractivity contribution in [1.82, 2.24) is 10.1 Å². The van der Waals surface area contributed by atoms with Crippen LogP contribution in [0.3, 0.4) is 0 Å². The number of hydrogen-bond donors (Lipinski definition) is 1. The number of benzene rings is 1. The fourth-order valence-corrected chi connectivity index (χ4v) is 3.23. The third-order valence-corrected chi connectivity index (χ3v) is 4.03. The predicted octanol–water partition coefficient (Wildman–Crippen LogP) is 1.81. The summed E-state index contributed by atoms with van der Waals surface area (Å²) in [4.78, 5) is 5.73. The van der Waals surface area contributed by atoms with Crippen molar-refractivity contribution in [3.63, 3.8) is 0 Å². The van der Waals surface area contributed by atoms with Crippen LogP contribution in [0.5, 0.6) is 0 Å². The van der Waals surface area contributed by atoms with E-state index in [0.29, 0.717) is 24.7 Å². The summed E-state index contributed by atoms with van der Waals surface area (Å²) >= 11 is 1.84. The van der Waals surface area contributed by atoms with Crippen LogP contribution < -0.4 is 5.73 Å². The number of thioether (sulfide) groups is 1. The maximum absolute atomic E-state index is 5.47. The largest absolute Gasteiger partial charge is 0.339 e. The zero-order chi connectivity index (χ0) is 11.7. The highest BCUT2D eigenvalue weighted by molar-refractivity contribution is 7.99. The van der Waals surface area contributed by atoms with E-state index < -0.39 is 0 Å². The van der Waals surface area contributed by atoms with Crippen LogP contribution in [0.25, 0.3) is 0 Å². The number of fused-ring (bicyclic) bond motifs is 1. The van der Waals surface area contributed by atoms with Gasteiger partial charge in [-0.15, -0.1) is 11.8 Å². The molecule has 1 aliphatic heterocycles. The molecule has 0 aliphatic carbocycles. The average molecular weight is 247 g/mol. The Morgan fingerprint density at radius 3 is 3.18 bits per heavy atom. The molecular formula is C12H13N3OS. The fraction of sp³-hybridized carbons (Fsp3) is 0.333. The summed E-state index contributed by atoms with van der Waals surface area (Å²) in [6.07, 6.45) is 0.672. The summed E-state index contributed by atoms with van der Waals surface area (Å²) in [5.41, 5.74) is 6.77. The van der Waals surface area contributed by atoms with E-state index >= 15 is 0 Å². The van der Waals surface area contributed by atoms with E-state index in [-0.39, 0.29) is 5.92 Å². The molecule has 5 heteroatoms. The maximum Gasteiger partial charge on any atom is 0.235 e. The minimum Gasteiger partial charge on any atom is -0.339 e. The number of rotatable bonds is 3. The van der Waals surface area contributed by atoms with Crippen LogP contribution in [0.2, 0.25) is 0 Å². The van der Waals surface area contributed by atoms with Gasteiger partial charge in [-0.2, -0.15) is 4.98 Å². The van der Waals surface area contributed by atoms with Crippen LogP contribution in [0.15, 0.2) is 33.7 Å². The molecule has 3 rings (SSSR count). The molecule has 1 atom stereocenters. The molecule has 2 N–H and O–H groups in total. The second kappa shape index (κ2) is 4.50. The molecule has 0 saturated heterocycles. The molecule has 2 aromatic rings. The Bertz CT molecular complexity index is 526.